The van der Waals surface area contributed by atoms with Crippen LogP contribution < -0.4 is 10.1 Å². The molecule has 28 heavy (non-hydrogen) atoms. The number of halogens is 1. The van der Waals surface area contributed by atoms with Gasteiger partial charge in [-0.2, -0.15) is 0 Å². The van der Waals surface area contributed by atoms with E-state index in [0.717, 1.165) is 21.8 Å². The Morgan fingerprint density at radius 2 is 2.11 bits per heavy atom. The van der Waals surface area contributed by atoms with Gasteiger partial charge >= 0.3 is 5.97 Å². The van der Waals surface area contributed by atoms with Crippen molar-refractivity contribution in [3.63, 3.8) is 0 Å². The number of pyridine rings is 1. The van der Waals surface area contributed by atoms with Gasteiger partial charge in [-0.15, -0.1) is 11.3 Å². The number of benzene rings is 1. The summed E-state index contributed by atoms with van der Waals surface area (Å²) in [5.74, 6) is -0.257. The predicted molar refractivity (Wildman–Crippen MR) is 107 cm³/mol. The van der Waals surface area contributed by atoms with Crippen LogP contribution in [0.15, 0.2) is 48.7 Å². The van der Waals surface area contributed by atoms with Gasteiger partial charge in [-0.05, 0) is 37.3 Å². The second-order valence-corrected chi connectivity index (χ2v) is 7.54. The number of carbonyl (C=O) groups is 2. The molecule has 6 nitrogen and oxygen atoms in total. The van der Waals surface area contributed by atoms with Crippen LogP contribution in [0.25, 0.3) is 10.4 Å². The Balaban J connectivity index is 1.47. The maximum absolute atomic E-state index is 12.5. The van der Waals surface area contributed by atoms with E-state index in [-0.39, 0.29) is 5.15 Å². The minimum Gasteiger partial charge on any atom is -0.488 e. The molecule has 1 aliphatic heterocycles. The monoisotopic (exact) mass is 414 g/mol. The van der Waals surface area contributed by atoms with Crippen LogP contribution in [-0.4, -0.2) is 23.0 Å². The lowest BCUT2D eigenvalue weighted by Crippen LogP contribution is -2.29. The molecule has 142 valence electrons. The number of amides is 1. The fraction of sp³-hybridized carbons (Fsp3) is 0.150. The van der Waals surface area contributed by atoms with E-state index >= 15 is 0 Å². The summed E-state index contributed by atoms with van der Waals surface area (Å²) in [7, 11) is 0. The van der Waals surface area contributed by atoms with Gasteiger partial charge in [0, 0.05) is 22.2 Å². The van der Waals surface area contributed by atoms with Crippen LogP contribution >= 0.6 is 22.9 Å². The molecule has 0 saturated heterocycles. The van der Waals surface area contributed by atoms with Crippen LogP contribution in [0.4, 0.5) is 5.69 Å². The molecule has 0 saturated carbocycles. The van der Waals surface area contributed by atoms with Crippen molar-refractivity contribution in [1.82, 2.24) is 4.98 Å². The first-order valence-electron chi connectivity index (χ1n) is 8.50. The molecule has 8 heteroatoms. The summed E-state index contributed by atoms with van der Waals surface area (Å²) in [6.07, 6.45) is 0.522. The van der Waals surface area contributed by atoms with Gasteiger partial charge in [0.05, 0.1) is 5.69 Å². The Hall–Kier alpha value is -2.90. The standard InChI is InChI=1S/C20H15ClN2O4S/c1-11(19(24)23-14-6-4-8-22-18(14)21)27-20(25)16-9-12-10-26-15-7-3-2-5-13(15)17(12)28-16/h2-9,11H,10H2,1H3,(H,23,24)/t11-/m0/s1. The molecule has 0 spiro atoms. The highest BCUT2D eigenvalue weighted by Gasteiger charge is 2.25. The third kappa shape index (κ3) is 3.58. The van der Waals surface area contributed by atoms with E-state index in [0.29, 0.717) is 17.2 Å². The molecule has 4 rings (SSSR count). The van der Waals surface area contributed by atoms with E-state index in [1.165, 1.54) is 24.5 Å². The van der Waals surface area contributed by atoms with Crippen molar-refractivity contribution >= 4 is 40.5 Å². The van der Waals surface area contributed by atoms with Gasteiger partial charge in [0.25, 0.3) is 5.91 Å². The summed E-state index contributed by atoms with van der Waals surface area (Å²) in [5, 5.41) is 2.77. The highest BCUT2D eigenvalue weighted by atomic mass is 35.5. The molecular formula is C20H15ClN2O4S. The molecule has 1 aromatic carbocycles. The van der Waals surface area contributed by atoms with Crippen molar-refractivity contribution in [1.29, 1.82) is 0 Å². The van der Waals surface area contributed by atoms with Gasteiger partial charge in [0.2, 0.25) is 0 Å². The minimum atomic E-state index is -0.994. The van der Waals surface area contributed by atoms with E-state index < -0.39 is 18.0 Å². The third-order valence-electron chi connectivity index (χ3n) is 4.20. The predicted octanol–water partition coefficient (Wildman–Crippen LogP) is 4.54. The Morgan fingerprint density at radius 1 is 1.29 bits per heavy atom. The summed E-state index contributed by atoms with van der Waals surface area (Å²) in [5.41, 5.74) is 2.23. The summed E-state index contributed by atoms with van der Waals surface area (Å²) >= 11 is 7.26. The fourth-order valence-corrected chi connectivity index (χ4v) is 4.03. The van der Waals surface area contributed by atoms with Crippen LogP contribution in [-0.2, 0) is 16.1 Å². The zero-order chi connectivity index (χ0) is 19.7. The number of para-hydroxylation sites is 1. The van der Waals surface area contributed by atoms with Gasteiger partial charge in [-0.25, -0.2) is 9.78 Å². The van der Waals surface area contributed by atoms with Crippen LogP contribution in [0.2, 0.25) is 5.15 Å². The molecule has 3 heterocycles. The quantitative estimate of drug-likeness (QED) is 0.501. The summed E-state index contributed by atoms with van der Waals surface area (Å²) < 4.78 is 11.0. The maximum Gasteiger partial charge on any atom is 0.349 e. The molecule has 2 aromatic heterocycles. The molecule has 3 aromatic rings. The number of nitrogens with zero attached hydrogens (tertiary/aromatic N) is 1. The zero-order valence-electron chi connectivity index (χ0n) is 14.8. The van der Waals surface area contributed by atoms with E-state index in [4.69, 9.17) is 21.1 Å². The number of aromatic nitrogens is 1. The lowest BCUT2D eigenvalue weighted by molar-refractivity contribution is -0.123. The molecule has 0 bridgehead atoms. The van der Waals surface area contributed by atoms with E-state index in [2.05, 4.69) is 10.3 Å². The molecule has 1 amide bonds. The molecular weight excluding hydrogens is 400 g/mol. The lowest BCUT2D eigenvalue weighted by atomic mass is 10.1. The van der Waals surface area contributed by atoms with Gasteiger partial charge in [-0.1, -0.05) is 23.7 Å². The highest BCUT2D eigenvalue weighted by Crippen LogP contribution is 2.42. The smallest absolute Gasteiger partial charge is 0.349 e. The maximum atomic E-state index is 12.5. The average molecular weight is 415 g/mol. The molecule has 0 unspecified atom stereocenters. The Kier molecular flexibility index (Phi) is 5.02. The van der Waals surface area contributed by atoms with Gasteiger partial charge in [-0.3, -0.25) is 4.79 Å². The van der Waals surface area contributed by atoms with Crippen LogP contribution in [0.1, 0.15) is 22.2 Å². The van der Waals surface area contributed by atoms with Gasteiger partial charge < -0.3 is 14.8 Å². The molecule has 1 atom stereocenters. The van der Waals surface area contributed by atoms with Crippen molar-refractivity contribution in [2.45, 2.75) is 19.6 Å². The Labute approximate surface area is 170 Å². The second-order valence-electron chi connectivity index (χ2n) is 6.13. The summed E-state index contributed by atoms with van der Waals surface area (Å²) in [4.78, 5) is 30.1. The average Bonchev–Trinajstić information content (AvgIpc) is 3.14. The van der Waals surface area contributed by atoms with Gasteiger partial charge in [0.1, 0.15) is 17.2 Å². The first-order valence-corrected chi connectivity index (χ1v) is 9.69. The fourth-order valence-electron chi connectivity index (χ4n) is 2.79. The lowest BCUT2D eigenvalue weighted by Gasteiger charge is -2.16. The Bertz CT molecular complexity index is 1070. The topological polar surface area (TPSA) is 77.5 Å². The molecule has 0 radical (unpaired) electrons. The number of thiophene rings is 1. The van der Waals surface area contributed by atoms with Crippen molar-refractivity contribution < 1.29 is 19.1 Å². The minimum absolute atomic E-state index is 0.166. The number of anilines is 1. The number of ether oxygens (including phenoxy) is 2. The van der Waals surface area contributed by atoms with Crippen molar-refractivity contribution in [3.05, 3.63) is 64.3 Å². The molecule has 1 aliphatic rings. The number of esters is 1. The number of hydrogen-bond acceptors (Lipinski definition) is 6. The SMILES string of the molecule is C[C@H](OC(=O)c1cc2c(s1)-c1ccccc1OC2)C(=O)Nc1cccnc1Cl. The number of nitrogens with one attached hydrogen (secondary N) is 1. The van der Waals surface area contributed by atoms with Gasteiger partial charge in [0.15, 0.2) is 11.3 Å². The van der Waals surface area contributed by atoms with E-state index in [9.17, 15) is 9.59 Å². The zero-order valence-corrected chi connectivity index (χ0v) is 16.3. The highest BCUT2D eigenvalue weighted by molar-refractivity contribution is 7.17. The number of rotatable bonds is 4. The van der Waals surface area contributed by atoms with Crippen molar-refractivity contribution in [2.24, 2.45) is 0 Å². The van der Waals surface area contributed by atoms with Crippen LogP contribution in [0.5, 0.6) is 5.75 Å². The van der Waals surface area contributed by atoms with Crippen LogP contribution in [0.3, 0.4) is 0 Å². The third-order valence-corrected chi connectivity index (χ3v) is 5.69. The largest absolute Gasteiger partial charge is 0.488 e. The first-order chi connectivity index (χ1) is 13.5. The number of fused-ring (bicyclic) bond motifs is 3. The van der Waals surface area contributed by atoms with Crippen molar-refractivity contribution in [2.75, 3.05) is 5.32 Å². The second kappa shape index (κ2) is 7.61. The number of hydrogen-bond donors (Lipinski definition) is 1. The summed E-state index contributed by atoms with van der Waals surface area (Å²) in [6, 6.07) is 12.7. The van der Waals surface area contributed by atoms with E-state index in [1.54, 1.807) is 18.2 Å². The molecule has 0 aliphatic carbocycles. The van der Waals surface area contributed by atoms with Crippen LogP contribution in [0, 0.1) is 0 Å². The molecule has 1 N–H and O–H groups in total. The Morgan fingerprint density at radius 3 is 2.93 bits per heavy atom. The first kappa shape index (κ1) is 18.5. The normalized spacial score (nSPS) is 12.9. The molecule has 0 fully saturated rings. The van der Waals surface area contributed by atoms with E-state index in [1.807, 2.05) is 24.3 Å². The van der Waals surface area contributed by atoms with Crippen molar-refractivity contribution in [3.8, 4) is 16.2 Å². The summed E-state index contributed by atoms with van der Waals surface area (Å²) in [6.45, 7) is 1.90. The number of carbonyl (C=O) groups excluding carboxylic acids is 2.